The van der Waals surface area contributed by atoms with Gasteiger partial charge in [0, 0.05) is 24.8 Å². The number of aromatic nitrogens is 1. The highest BCUT2D eigenvalue weighted by Gasteiger charge is 2.43. The molecule has 2 saturated heterocycles. The van der Waals surface area contributed by atoms with Crippen molar-refractivity contribution in [3.63, 3.8) is 0 Å². The molecule has 8 nitrogen and oxygen atoms in total. The summed E-state index contributed by atoms with van der Waals surface area (Å²) in [6, 6.07) is 5.00. The normalized spacial score (nSPS) is 20.2. The van der Waals surface area contributed by atoms with E-state index in [2.05, 4.69) is 14.6 Å². The molecule has 34 heavy (non-hydrogen) atoms. The van der Waals surface area contributed by atoms with Gasteiger partial charge in [0.15, 0.2) is 0 Å². The Morgan fingerprint density at radius 1 is 1.12 bits per heavy atom. The molecule has 2 aliphatic rings. The lowest BCUT2D eigenvalue weighted by atomic mass is 10.2. The van der Waals surface area contributed by atoms with Gasteiger partial charge in [-0.1, -0.05) is 0 Å². The van der Waals surface area contributed by atoms with E-state index in [4.69, 9.17) is 4.74 Å². The van der Waals surface area contributed by atoms with Gasteiger partial charge in [-0.3, -0.25) is 14.7 Å². The van der Waals surface area contributed by atoms with Crippen LogP contribution in [0.5, 0.6) is 11.5 Å². The molecule has 1 aromatic carbocycles. The van der Waals surface area contributed by atoms with Gasteiger partial charge >= 0.3 is 12.4 Å². The van der Waals surface area contributed by atoms with Crippen LogP contribution < -0.4 is 14.4 Å². The first-order valence-electron chi connectivity index (χ1n) is 11.0. The molecule has 0 spiro atoms. The van der Waals surface area contributed by atoms with E-state index in [1.165, 1.54) is 17.0 Å². The minimum atomic E-state index is -4.83. The van der Waals surface area contributed by atoms with Gasteiger partial charge in [-0.05, 0) is 57.0 Å². The largest absolute Gasteiger partial charge is 0.573 e. The second-order valence-electron chi connectivity index (χ2n) is 8.25. The fraction of sp³-hybridized carbons (Fsp3) is 0.435. The molecule has 2 atom stereocenters. The molecule has 1 aromatic heterocycles. The number of benzene rings is 1. The summed E-state index contributed by atoms with van der Waals surface area (Å²) in [4.78, 5) is 34.7. The standard InChI is InChI=1S/C23H25F3N4O4/c1-15-21(31)30(18-5-7-19(8-6-18)34-23(24,25)26)22(32)29(15)14-17-9-10-27-13-20(17)33-16(2)28-11-3-4-12-28/h5-10,13,15-16H,3-4,11-12,14H2,1-2H3. The quantitative estimate of drug-likeness (QED) is 0.557. The van der Waals surface area contributed by atoms with Crippen molar-refractivity contribution in [1.82, 2.24) is 14.8 Å². The van der Waals surface area contributed by atoms with Gasteiger partial charge in [-0.2, -0.15) is 0 Å². The van der Waals surface area contributed by atoms with Gasteiger partial charge < -0.3 is 14.4 Å². The molecule has 0 bridgehead atoms. The Hall–Kier alpha value is -3.34. The number of alkyl halides is 3. The first-order chi connectivity index (χ1) is 16.1. The van der Waals surface area contributed by atoms with E-state index in [0.29, 0.717) is 11.3 Å². The first-order valence-corrected chi connectivity index (χ1v) is 11.0. The monoisotopic (exact) mass is 478 g/mol. The molecule has 182 valence electrons. The van der Waals surface area contributed by atoms with Gasteiger partial charge in [0.05, 0.1) is 18.4 Å². The summed E-state index contributed by atoms with van der Waals surface area (Å²) in [6.45, 7) is 5.59. The number of carbonyl (C=O) groups is 2. The number of nitrogens with zero attached hydrogens (tertiary/aromatic N) is 4. The van der Waals surface area contributed by atoms with Crippen LogP contribution in [0.15, 0.2) is 42.7 Å². The van der Waals surface area contributed by atoms with E-state index in [0.717, 1.165) is 43.0 Å². The Kier molecular flexibility index (Phi) is 6.65. The second-order valence-corrected chi connectivity index (χ2v) is 8.25. The summed E-state index contributed by atoms with van der Waals surface area (Å²) in [5, 5.41) is 0. The van der Waals surface area contributed by atoms with Gasteiger partial charge in [0.25, 0.3) is 5.91 Å². The highest BCUT2D eigenvalue weighted by molar-refractivity contribution is 6.21. The molecule has 0 radical (unpaired) electrons. The molecular weight excluding hydrogens is 453 g/mol. The number of likely N-dealkylation sites (tertiary alicyclic amines) is 1. The predicted molar refractivity (Wildman–Crippen MR) is 116 cm³/mol. The van der Waals surface area contributed by atoms with Crippen LogP contribution in [0.3, 0.4) is 0 Å². The summed E-state index contributed by atoms with van der Waals surface area (Å²) in [5.74, 6) is -0.385. The highest BCUT2D eigenvalue weighted by Crippen LogP contribution is 2.31. The number of urea groups is 1. The molecule has 2 unspecified atom stereocenters. The lowest BCUT2D eigenvalue weighted by Crippen LogP contribution is -2.36. The van der Waals surface area contributed by atoms with Crippen LogP contribution in [0.2, 0.25) is 0 Å². The van der Waals surface area contributed by atoms with E-state index >= 15 is 0 Å². The zero-order valence-corrected chi connectivity index (χ0v) is 18.8. The number of amides is 3. The van der Waals surface area contributed by atoms with E-state index < -0.39 is 30.1 Å². The van der Waals surface area contributed by atoms with Crippen LogP contribution >= 0.6 is 0 Å². The maximum Gasteiger partial charge on any atom is 0.573 e. The average molecular weight is 478 g/mol. The molecule has 2 fully saturated rings. The predicted octanol–water partition coefficient (Wildman–Crippen LogP) is 4.16. The van der Waals surface area contributed by atoms with E-state index in [1.54, 1.807) is 25.4 Å². The first kappa shape index (κ1) is 23.8. The number of ether oxygens (including phenoxy) is 2. The number of imide groups is 1. The number of pyridine rings is 1. The maximum atomic E-state index is 13.1. The molecule has 0 aliphatic carbocycles. The molecule has 2 aliphatic heterocycles. The van der Waals surface area contributed by atoms with Crippen molar-refractivity contribution in [1.29, 1.82) is 0 Å². The van der Waals surface area contributed by atoms with Gasteiger partial charge in [0.2, 0.25) is 0 Å². The summed E-state index contributed by atoms with van der Waals surface area (Å²) >= 11 is 0. The van der Waals surface area contributed by atoms with Crippen LogP contribution in [0, 0.1) is 0 Å². The van der Waals surface area contributed by atoms with Crippen molar-refractivity contribution in [2.45, 2.75) is 51.9 Å². The number of rotatable bonds is 7. The maximum absolute atomic E-state index is 13.1. The van der Waals surface area contributed by atoms with Crippen molar-refractivity contribution in [3.05, 3.63) is 48.3 Å². The SMILES string of the molecule is CC(Oc1cnccc1CN1C(=O)N(c2ccc(OC(F)(F)F)cc2)C(=O)C1C)N1CCCC1. The Balaban J connectivity index is 1.50. The molecule has 0 saturated carbocycles. The van der Waals surface area contributed by atoms with Crippen LogP contribution in [-0.4, -0.2) is 58.4 Å². The Morgan fingerprint density at radius 3 is 2.44 bits per heavy atom. The van der Waals surface area contributed by atoms with Crippen molar-refractivity contribution in [2.75, 3.05) is 18.0 Å². The zero-order chi connectivity index (χ0) is 24.5. The Labute approximate surface area is 194 Å². The smallest absolute Gasteiger partial charge is 0.473 e. The second kappa shape index (κ2) is 9.49. The molecule has 3 heterocycles. The van der Waals surface area contributed by atoms with Gasteiger partial charge in [0.1, 0.15) is 23.8 Å². The van der Waals surface area contributed by atoms with E-state index in [9.17, 15) is 22.8 Å². The van der Waals surface area contributed by atoms with Gasteiger partial charge in [-0.25, -0.2) is 9.69 Å². The molecule has 11 heteroatoms. The minimum absolute atomic E-state index is 0.113. The third-order valence-corrected chi connectivity index (χ3v) is 5.97. The van der Waals surface area contributed by atoms with Crippen LogP contribution in [0.25, 0.3) is 0 Å². The summed E-state index contributed by atoms with van der Waals surface area (Å²) in [7, 11) is 0. The van der Waals surface area contributed by atoms with E-state index in [1.807, 2.05) is 6.92 Å². The van der Waals surface area contributed by atoms with Gasteiger partial charge in [-0.15, -0.1) is 13.2 Å². The lowest BCUT2D eigenvalue weighted by molar-refractivity contribution is -0.274. The topological polar surface area (TPSA) is 75.2 Å². The van der Waals surface area contributed by atoms with Crippen molar-refractivity contribution < 1.29 is 32.2 Å². The summed E-state index contributed by atoms with van der Waals surface area (Å²) in [5.41, 5.74) is 0.859. The minimum Gasteiger partial charge on any atom is -0.473 e. The summed E-state index contributed by atoms with van der Waals surface area (Å²) in [6.07, 6.45) is 0.429. The lowest BCUT2D eigenvalue weighted by Gasteiger charge is -2.26. The number of anilines is 1. The number of hydrogen-bond acceptors (Lipinski definition) is 6. The number of hydrogen-bond donors (Lipinski definition) is 0. The van der Waals surface area contributed by atoms with Crippen LogP contribution in [-0.2, 0) is 11.3 Å². The number of carbonyl (C=O) groups excluding carboxylic acids is 2. The molecule has 4 rings (SSSR count). The van der Waals surface area contributed by atoms with Crippen molar-refractivity contribution in [3.8, 4) is 11.5 Å². The highest BCUT2D eigenvalue weighted by atomic mass is 19.4. The third kappa shape index (κ3) is 5.09. The number of halogens is 3. The average Bonchev–Trinajstić information content (AvgIpc) is 3.39. The summed E-state index contributed by atoms with van der Waals surface area (Å²) < 4.78 is 47.2. The zero-order valence-electron chi connectivity index (χ0n) is 18.8. The third-order valence-electron chi connectivity index (χ3n) is 5.97. The fourth-order valence-corrected chi connectivity index (χ4v) is 4.14. The van der Waals surface area contributed by atoms with Crippen LogP contribution in [0.4, 0.5) is 23.7 Å². The molecule has 0 N–H and O–H groups in total. The molecule has 2 aromatic rings. The van der Waals surface area contributed by atoms with E-state index in [-0.39, 0.29) is 18.5 Å². The Bertz CT molecular complexity index is 1040. The Morgan fingerprint density at radius 2 is 1.79 bits per heavy atom. The van der Waals surface area contributed by atoms with Crippen molar-refractivity contribution in [2.24, 2.45) is 0 Å². The molecule has 3 amide bonds. The van der Waals surface area contributed by atoms with Crippen LogP contribution in [0.1, 0.15) is 32.3 Å². The van der Waals surface area contributed by atoms with Crippen molar-refractivity contribution >= 4 is 17.6 Å². The molecular formula is C23H25F3N4O4. The fourth-order valence-electron chi connectivity index (χ4n) is 4.14.